The number of nitrogens with zero attached hydrogens (tertiary/aromatic N) is 2. The Kier molecular flexibility index (Phi) is 8.81. The van der Waals surface area contributed by atoms with Crippen molar-refractivity contribution < 1.29 is 9.90 Å². The number of nitrogens with one attached hydrogen (secondary N) is 2. The molecule has 41 heavy (non-hydrogen) atoms. The van der Waals surface area contributed by atoms with Gasteiger partial charge in [-0.15, -0.1) is 0 Å². The quantitative estimate of drug-likeness (QED) is 0.251. The lowest BCUT2D eigenvalue weighted by Crippen LogP contribution is -2.35. The van der Waals surface area contributed by atoms with E-state index in [2.05, 4.69) is 60.3 Å². The summed E-state index contributed by atoms with van der Waals surface area (Å²) in [5.41, 5.74) is 5.11. The molecule has 7 heteroatoms. The van der Waals surface area contributed by atoms with Crippen molar-refractivity contribution in [2.75, 3.05) is 41.7 Å². The number of carbonyl (C=O) groups excluding carboxylic acids is 1. The Morgan fingerprint density at radius 2 is 1.68 bits per heavy atom. The van der Waals surface area contributed by atoms with Gasteiger partial charge in [0.1, 0.15) is 5.75 Å². The maximum Gasteiger partial charge on any atom is 0.323 e. The van der Waals surface area contributed by atoms with E-state index in [0.29, 0.717) is 29.1 Å². The molecule has 2 amide bonds. The highest BCUT2D eigenvalue weighted by atomic mass is 35.5. The Morgan fingerprint density at radius 3 is 2.34 bits per heavy atom. The molecule has 1 fully saturated rings. The van der Waals surface area contributed by atoms with Gasteiger partial charge in [0.15, 0.2) is 0 Å². The van der Waals surface area contributed by atoms with Crippen LogP contribution in [0.25, 0.3) is 0 Å². The summed E-state index contributed by atoms with van der Waals surface area (Å²) >= 11 is 6.72. The van der Waals surface area contributed by atoms with Crippen LogP contribution in [-0.2, 0) is 5.41 Å². The summed E-state index contributed by atoms with van der Waals surface area (Å²) in [6.45, 7) is 13.0. The Labute approximate surface area is 249 Å². The van der Waals surface area contributed by atoms with Gasteiger partial charge in [0.25, 0.3) is 0 Å². The predicted molar refractivity (Wildman–Crippen MR) is 171 cm³/mol. The van der Waals surface area contributed by atoms with Gasteiger partial charge >= 0.3 is 6.03 Å². The zero-order chi connectivity index (χ0) is 29.1. The first-order chi connectivity index (χ1) is 19.7. The average Bonchev–Trinajstić information content (AvgIpc) is 3.33. The molecule has 3 aromatic carbocycles. The van der Waals surface area contributed by atoms with Crippen LogP contribution in [0.3, 0.4) is 0 Å². The van der Waals surface area contributed by atoms with Crippen LogP contribution in [0.2, 0.25) is 5.02 Å². The number of fused-ring (bicyclic) bond motifs is 1. The number of aromatic hydroxyl groups is 1. The van der Waals surface area contributed by atoms with Gasteiger partial charge < -0.3 is 25.5 Å². The fourth-order valence-corrected chi connectivity index (χ4v) is 7.08. The van der Waals surface area contributed by atoms with Crippen LogP contribution in [0, 0.1) is 5.92 Å². The van der Waals surface area contributed by atoms with Crippen LogP contribution < -0.4 is 15.5 Å². The Bertz CT molecular complexity index is 1360. The highest BCUT2D eigenvalue weighted by Crippen LogP contribution is 2.55. The lowest BCUT2D eigenvalue weighted by molar-refractivity contribution is 0.192. The number of benzene rings is 3. The van der Waals surface area contributed by atoms with Crippen molar-refractivity contribution in [2.45, 2.75) is 64.7 Å². The molecule has 0 spiro atoms. The third-order valence-corrected chi connectivity index (χ3v) is 9.33. The smallest absolute Gasteiger partial charge is 0.323 e. The molecule has 3 N–H and O–H groups in total. The van der Waals surface area contributed by atoms with E-state index in [1.165, 1.54) is 24.9 Å². The van der Waals surface area contributed by atoms with Crippen molar-refractivity contribution >= 4 is 40.4 Å². The van der Waals surface area contributed by atoms with Crippen LogP contribution in [-0.4, -0.2) is 42.2 Å². The fourth-order valence-electron chi connectivity index (χ4n) is 6.73. The summed E-state index contributed by atoms with van der Waals surface area (Å²) in [6.07, 6.45) is 4.13. The molecule has 0 aromatic heterocycles. The maximum atomic E-state index is 13.1. The summed E-state index contributed by atoms with van der Waals surface area (Å²) < 4.78 is 0. The first kappa shape index (κ1) is 29.3. The Balaban J connectivity index is 1.29. The maximum absolute atomic E-state index is 13.1. The van der Waals surface area contributed by atoms with Crippen LogP contribution in [0.1, 0.15) is 70.4 Å². The first-order valence-corrected chi connectivity index (χ1v) is 15.4. The number of hydrogen-bond acceptors (Lipinski definition) is 4. The minimum Gasteiger partial charge on any atom is -0.506 e. The standard InChI is InChI=1S/C34H43ClN4O2/c1-5-34(6-2)22-39(32-30(40)16-15-27(35)31(32)34)29-10-8-7-9-28(29)37-33(41)36-26-13-11-24(12-14-26)25-17-19-38(20-18-25)21-23(3)4/h7-16,23,25,40H,5-6,17-22H2,1-4H3,(H2,36,37,41). The number of likely N-dealkylation sites (tertiary alicyclic amines) is 1. The van der Waals surface area contributed by atoms with E-state index in [1.54, 1.807) is 12.1 Å². The Morgan fingerprint density at radius 1 is 1.00 bits per heavy atom. The van der Waals surface area contributed by atoms with Crippen molar-refractivity contribution in [1.82, 2.24) is 4.90 Å². The molecule has 6 nitrogen and oxygen atoms in total. The second kappa shape index (κ2) is 12.3. The molecule has 0 saturated carbocycles. The van der Waals surface area contributed by atoms with Crippen molar-refractivity contribution in [3.8, 4) is 5.75 Å². The number of carbonyl (C=O) groups is 1. The van der Waals surface area contributed by atoms with Gasteiger partial charge in [0.05, 0.1) is 17.1 Å². The van der Waals surface area contributed by atoms with Crippen LogP contribution >= 0.6 is 11.6 Å². The average molecular weight is 575 g/mol. The number of phenols is 1. The molecule has 0 aliphatic carbocycles. The van der Waals surface area contributed by atoms with Gasteiger partial charge in [-0.05, 0) is 92.6 Å². The molecular formula is C34H43ClN4O2. The van der Waals surface area contributed by atoms with E-state index in [9.17, 15) is 9.90 Å². The molecule has 0 radical (unpaired) electrons. The first-order valence-electron chi connectivity index (χ1n) is 15.0. The molecule has 2 heterocycles. The number of para-hydroxylation sites is 2. The number of halogens is 1. The summed E-state index contributed by atoms with van der Waals surface area (Å²) in [7, 11) is 0. The molecule has 2 aliphatic heterocycles. The molecule has 5 rings (SSSR count). The van der Waals surface area contributed by atoms with Crippen molar-refractivity contribution in [3.63, 3.8) is 0 Å². The second-order valence-corrected chi connectivity index (χ2v) is 12.5. The van der Waals surface area contributed by atoms with E-state index < -0.39 is 0 Å². The Hall–Kier alpha value is -3.22. The van der Waals surface area contributed by atoms with E-state index in [4.69, 9.17) is 11.6 Å². The van der Waals surface area contributed by atoms with Gasteiger partial charge in [0.2, 0.25) is 0 Å². The van der Waals surface area contributed by atoms with Crippen molar-refractivity contribution in [3.05, 3.63) is 76.8 Å². The molecule has 3 aromatic rings. The molecular weight excluding hydrogens is 532 g/mol. The number of piperidine rings is 1. The number of rotatable bonds is 8. The predicted octanol–water partition coefficient (Wildman–Crippen LogP) is 8.73. The molecule has 0 unspecified atom stereocenters. The highest BCUT2D eigenvalue weighted by molar-refractivity contribution is 6.32. The summed E-state index contributed by atoms with van der Waals surface area (Å²) in [5, 5.41) is 17.7. The van der Waals surface area contributed by atoms with Gasteiger partial charge in [-0.1, -0.05) is 63.6 Å². The van der Waals surface area contributed by atoms with Gasteiger partial charge in [-0.2, -0.15) is 0 Å². The van der Waals surface area contributed by atoms with E-state index in [-0.39, 0.29) is 17.2 Å². The van der Waals surface area contributed by atoms with Gasteiger partial charge in [-0.25, -0.2) is 4.79 Å². The lowest BCUT2D eigenvalue weighted by atomic mass is 9.77. The zero-order valence-corrected chi connectivity index (χ0v) is 25.5. The monoisotopic (exact) mass is 574 g/mol. The molecule has 218 valence electrons. The molecule has 0 bridgehead atoms. The molecule has 1 saturated heterocycles. The third-order valence-electron chi connectivity index (χ3n) is 9.01. The minimum atomic E-state index is -0.306. The topological polar surface area (TPSA) is 67.8 Å². The summed E-state index contributed by atoms with van der Waals surface area (Å²) in [4.78, 5) is 17.8. The fraction of sp³-hybridized carbons (Fsp3) is 0.441. The SMILES string of the molecule is CCC1(CC)CN(c2ccccc2NC(=O)Nc2ccc(C3CCN(CC(C)C)CC3)cc2)c2c(O)ccc(Cl)c21. The highest BCUT2D eigenvalue weighted by Gasteiger charge is 2.44. The number of phenolic OH excluding ortho intramolecular Hbond substituents is 1. The number of amides is 2. The van der Waals surface area contributed by atoms with Gasteiger partial charge in [-0.3, -0.25) is 0 Å². The number of hydrogen-bond donors (Lipinski definition) is 3. The largest absolute Gasteiger partial charge is 0.506 e. The van der Waals surface area contributed by atoms with Gasteiger partial charge in [0, 0.05) is 34.8 Å². The van der Waals surface area contributed by atoms with Crippen molar-refractivity contribution in [1.29, 1.82) is 0 Å². The van der Waals surface area contributed by atoms with Crippen LogP contribution in [0.15, 0.2) is 60.7 Å². The summed E-state index contributed by atoms with van der Waals surface area (Å²) in [5.74, 6) is 1.46. The minimum absolute atomic E-state index is 0.187. The lowest BCUT2D eigenvalue weighted by Gasteiger charge is -2.33. The van der Waals surface area contributed by atoms with Crippen LogP contribution in [0.5, 0.6) is 5.75 Å². The molecule has 2 aliphatic rings. The normalized spacial score (nSPS) is 17.1. The number of anilines is 4. The van der Waals surface area contributed by atoms with E-state index in [1.807, 2.05) is 36.4 Å². The number of urea groups is 1. The zero-order valence-electron chi connectivity index (χ0n) is 24.7. The van der Waals surface area contributed by atoms with Crippen LogP contribution in [0.4, 0.5) is 27.5 Å². The van der Waals surface area contributed by atoms with Crippen molar-refractivity contribution in [2.24, 2.45) is 5.92 Å². The molecule has 0 atom stereocenters. The van der Waals surface area contributed by atoms with E-state index >= 15 is 0 Å². The summed E-state index contributed by atoms with van der Waals surface area (Å²) in [6, 6.07) is 19.1. The second-order valence-electron chi connectivity index (χ2n) is 12.1. The van der Waals surface area contributed by atoms with E-state index in [0.717, 1.165) is 48.6 Å². The third kappa shape index (κ3) is 6.05.